The average Bonchev–Trinajstić information content (AvgIpc) is 3.55. The summed E-state index contributed by atoms with van der Waals surface area (Å²) in [5.74, 6) is -3.90. The molecule has 3 aromatic rings. The predicted octanol–water partition coefficient (Wildman–Crippen LogP) is 6.93. The first-order valence-electron chi connectivity index (χ1n) is 12.0. The molecule has 0 radical (unpaired) electrons. The largest absolute Gasteiger partial charge is 0.477 e. The summed E-state index contributed by atoms with van der Waals surface area (Å²) in [7, 11) is 0. The van der Waals surface area contributed by atoms with Crippen molar-refractivity contribution in [2.24, 2.45) is 11.8 Å². The van der Waals surface area contributed by atoms with Gasteiger partial charge >= 0.3 is 12.1 Å². The number of carboxylic acids is 1. The highest BCUT2D eigenvalue weighted by Crippen LogP contribution is 2.42. The molecule has 2 amide bonds. The van der Waals surface area contributed by atoms with Crippen LogP contribution >= 0.6 is 22.7 Å². The van der Waals surface area contributed by atoms with Crippen LogP contribution in [0, 0.1) is 11.8 Å². The van der Waals surface area contributed by atoms with Crippen LogP contribution in [0.3, 0.4) is 0 Å². The number of carbonyl (C=O) groups is 3. The van der Waals surface area contributed by atoms with E-state index in [-0.39, 0.29) is 48.1 Å². The van der Waals surface area contributed by atoms with Gasteiger partial charge in [-0.3, -0.25) is 9.59 Å². The number of halogens is 3. The molecule has 2 heterocycles. The lowest BCUT2D eigenvalue weighted by Crippen LogP contribution is -2.43. The van der Waals surface area contributed by atoms with E-state index in [9.17, 15) is 32.7 Å². The van der Waals surface area contributed by atoms with Crippen LogP contribution in [-0.4, -0.2) is 40.1 Å². The fraction of sp³-hybridized carbons (Fsp3) is 0.385. The molecule has 2 N–H and O–H groups in total. The number of amides is 2. The first-order chi connectivity index (χ1) is 18.0. The summed E-state index contributed by atoms with van der Waals surface area (Å²) in [5.41, 5.74) is 3.33. The first kappa shape index (κ1) is 27.8. The second-order valence-corrected chi connectivity index (χ2v) is 11.2. The molecular weight excluding hydrogens is 539 g/mol. The summed E-state index contributed by atoms with van der Waals surface area (Å²) in [6.45, 7) is 3.50. The zero-order valence-electron chi connectivity index (χ0n) is 20.6. The Morgan fingerprint density at radius 2 is 1.76 bits per heavy atom. The van der Waals surface area contributed by atoms with E-state index >= 15 is 0 Å². The van der Waals surface area contributed by atoms with E-state index in [1.54, 1.807) is 55.1 Å². The normalized spacial score (nSPS) is 17.8. The molecule has 38 heavy (non-hydrogen) atoms. The van der Waals surface area contributed by atoms with Gasteiger partial charge in [-0.15, -0.1) is 22.7 Å². The minimum atomic E-state index is -4.27. The third kappa shape index (κ3) is 6.07. The molecule has 1 aromatic carbocycles. The Morgan fingerprint density at radius 1 is 1.11 bits per heavy atom. The Hall–Kier alpha value is -3.25. The number of carbonyl (C=O) groups excluding carboxylic acids is 2. The van der Waals surface area contributed by atoms with Crippen LogP contribution in [0.2, 0.25) is 0 Å². The summed E-state index contributed by atoms with van der Waals surface area (Å²) < 4.78 is 39.3. The number of hydrogen-bond donors (Lipinski definition) is 2. The Labute approximate surface area is 225 Å². The van der Waals surface area contributed by atoms with Gasteiger partial charge in [0.05, 0.1) is 17.1 Å². The number of nitrogens with one attached hydrogen (secondary N) is 1. The smallest absolute Gasteiger partial charge is 0.391 e. The summed E-state index contributed by atoms with van der Waals surface area (Å²) in [6.07, 6.45) is -4.28. The van der Waals surface area contributed by atoms with Crippen molar-refractivity contribution < 1.29 is 32.7 Å². The van der Waals surface area contributed by atoms with Crippen LogP contribution in [0.4, 0.5) is 24.5 Å². The zero-order chi connectivity index (χ0) is 27.6. The SMILES string of the molecule is CC(C)N(c1cc(-c2ccc(NC(=O)c3cscn3)cc2)sc1C(=O)O)C(=O)[C@H]1CC[C@H](C(F)(F)F)CC1. The Balaban J connectivity index is 1.56. The Morgan fingerprint density at radius 3 is 2.29 bits per heavy atom. The molecule has 0 atom stereocenters. The van der Waals surface area contributed by atoms with Crippen molar-refractivity contribution in [3.63, 3.8) is 0 Å². The lowest BCUT2D eigenvalue weighted by molar-refractivity contribution is -0.184. The van der Waals surface area contributed by atoms with E-state index in [2.05, 4.69) is 10.3 Å². The number of aromatic carboxylic acids is 1. The maximum Gasteiger partial charge on any atom is 0.391 e. The van der Waals surface area contributed by atoms with Crippen molar-refractivity contribution in [1.82, 2.24) is 4.98 Å². The molecule has 0 unspecified atom stereocenters. The van der Waals surface area contributed by atoms with Crippen LogP contribution in [0.15, 0.2) is 41.2 Å². The summed E-state index contributed by atoms with van der Waals surface area (Å²) in [4.78, 5) is 43.8. The standard InChI is InChI=1S/C26H26F3N3O4S2/c1-14(2)32(24(34)16-3-7-17(8-4-16)26(27,28)29)20-11-21(38-22(20)25(35)36)15-5-9-18(10-6-15)31-23(33)19-12-37-13-30-19/h5-6,9-14,16-17H,3-4,7-8H2,1-2H3,(H,31,33)(H,35,36)/t16-,17-. The van der Waals surface area contributed by atoms with E-state index in [4.69, 9.17) is 0 Å². The van der Waals surface area contributed by atoms with Crippen LogP contribution < -0.4 is 10.2 Å². The van der Waals surface area contributed by atoms with Gasteiger partial charge in [-0.05, 0) is 63.3 Å². The number of rotatable bonds is 7. The molecule has 0 aliphatic heterocycles. The minimum Gasteiger partial charge on any atom is -0.477 e. The number of thiazole rings is 1. The van der Waals surface area contributed by atoms with Gasteiger partial charge in [-0.2, -0.15) is 13.2 Å². The number of nitrogens with zero attached hydrogens (tertiary/aromatic N) is 2. The van der Waals surface area contributed by atoms with Crippen molar-refractivity contribution >= 4 is 51.8 Å². The van der Waals surface area contributed by atoms with Crippen molar-refractivity contribution in [2.75, 3.05) is 10.2 Å². The molecule has 1 aliphatic carbocycles. The van der Waals surface area contributed by atoms with Crippen LogP contribution in [0.25, 0.3) is 10.4 Å². The number of benzene rings is 1. The van der Waals surface area contributed by atoms with Crippen molar-refractivity contribution in [3.8, 4) is 10.4 Å². The number of anilines is 2. The summed E-state index contributed by atoms with van der Waals surface area (Å²) in [5, 5.41) is 14.3. The maximum absolute atomic E-state index is 13.5. The molecule has 12 heteroatoms. The topological polar surface area (TPSA) is 99.6 Å². The van der Waals surface area contributed by atoms with Crippen LogP contribution in [0.5, 0.6) is 0 Å². The highest BCUT2D eigenvalue weighted by Gasteiger charge is 2.43. The lowest BCUT2D eigenvalue weighted by atomic mass is 9.81. The fourth-order valence-corrected chi connectivity index (χ4v) is 6.13. The number of carboxylic acid groups (broad SMARTS) is 1. The van der Waals surface area contributed by atoms with Crippen molar-refractivity contribution in [2.45, 2.75) is 51.7 Å². The van der Waals surface area contributed by atoms with E-state index in [0.717, 1.165) is 11.3 Å². The predicted molar refractivity (Wildman–Crippen MR) is 141 cm³/mol. The third-order valence-electron chi connectivity index (χ3n) is 6.55. The monoisotopic (exact) mass is 565 g/mol. The van der Waals surface area contributed by atoms with Gasteiger partial charge in [0, 0.05) is 27.9 Å². The summed E-state index contributed by atoms with van der Waals surface area (Å²) in [6, 6.07) is 8.08. The quantitative estimate of drug-likeness (QED) is 0.324. The van der Waals surface area contributed by atoms with Gasteiger partial charge < -0.3 is 15.3 Å². The van der Waals surface area contributed by atoms with Crippen molar-refractivity contribution in [1.29, 1.82) is 0 Å². The van der Waals surface area contributed by atoms with Crippen molar-refractivity contribution in [3.05, 3.63) is 51.8 Å². The zero-order valence-corrected chi connectivity index (χ0v) is 22.3. The molecule has 1 saturated carbocycles. The van der Waals surface area contributed by atoms with E-state index in [0.29, 0.717) is 21.8 Å². The third-order valence-corrected chi connectivity index (χ3v) is 8.30. The van der Waals surface area contributed by atoms with Gasteiger partial charge in [0.15, 0.2) is 0 Å². The number of aromatic nitrogens is 1. The van der Waals surface area contributed by atoms with Gasteiger partial charge in [0.1, 0.15) is 10.6 Å². The molecule has 1 fully saturated rings. The molecule has 1 aliphatic rings. The molecule has 4 rings (SSSR count). The second kappa shape index (κ2) is 11.2. The number of alkyl halides is 3. The number of hydrogen-bond acceptors (Lipinski definition) is 6. The molecule has 0 saturated heterocycles. The molecule has 0 bridgehead atoms. The maximum atomic E-state index is 13.5. The number of thiophene rings is 1. The summed E-state index contributed by atoms with van der Waals surface area (Å²) >= 11 is 2.32. The van der Waals surface area contributed by atoms with Gasteiger partial charge in [-0.1, -0.05) is 12.1 Å². The van der Waals surface area contributed by atoms with E-state index in [1.807, 2.05) is 0 Å². The molecule has 2 aromatic heterocycles. The van der Waals surface area contributed by atoms with E-state index < -0.39 is 30.0 Å². The second-order valence-electron chi connectivity index (χ2n) is 9.43. The first-order valence-corrected chi connectivity index (χ1v) is 13.8. The van der Waals surface area contributed by atoms with Gasteiger partial charge in [0.25, 0.3) is 5.91 Å². The van der Waals surface area contributed by atoms with E-state index in [1.165, 1.54) is 16.2 Å². The lowest BCUT2D eigenvalue weighted by Gasteiger charge is -2.34. The molecule has 7 nitrogen and oxygen atoms in total. The fourth-order valence-electron chi connectivity index (χ4n) is 4.61. The highest BCUT2D eigenvalue weighted by atomic mass is 32.1. The molecule has 202 valence electrons. The van der Waals surface area contributed by atoms with Gasteiger partial charge in [-0.25, -0.2) is 9.78 Å². The Kier molecular flexibility index (Phi) is 8.22. The average molecular weight is 566 g/mol. The Bertz CT molecular complexity index is 1300. The van der Waals surface area contributed by atoms with Crippen LogP contribution in [0.1, 0.15) is 59.7 Å². The highest BCUT2D eigenvalue weighted by molar-refractivity contribution is 7.18. The van der Waals surface area contributed by atoms with Gasteiger partial charge in [0.2, 0.25) is 5.91 Å². The molecular formula is C26H26F3N3O4S2. The minimum absolute atomic E-state index is 0.0214. The van der Waals surface area contributed by atoms with Crippen LogP contribution in [-0.2, 0) is 4.79 Å². The molecule has 0 spiro atoms.